The fourth-order valence-electron chi connectivity index (χ4n) is 1.46. The van der Waals surface area contributed by atoms with Gasteiger partial charge in [-0.3, -0.25) is 5.32 Å². The predicted octanol–water partition coefficient (Wildman–Crippen LogP) is 4.34. The highest BCUT2D eigenvalue weighted by Crippen LogP contribution is 2.20. The third kappa shape index (κ3) is 4.06. The van der Waals surface area contributed by atoms with Gasteiger partial charge in [0.2, 0.25) is 0 Å². The van der Waals surface area contributed by atoms with Crippen LogP contribution < -0.4 is 5.32 Å². The third-order valence-electron chi connectivity index (χ3n) is 2.38. The number of carbonyl (C=O) groups is 1. The van der Waals surface area contributed by atoms with Gasteiger partial charge in [0.15, 0.2) is 0 Å². The van der Waals surface area contributed by atoms with Crippen LogP contribution in [-0.4, -0.2) is 6.09 Å². The highest BCUT2D eigenvalue weighted by molar-refractivity contribution is 9.10. The van der Waals surface area contributed by atoms with Crippen LogP contribution in [-0.2, 0) is 11.3 Å². The highest BCUT2D eigenvalue weighted by atomic mass is 79.9. The Kier molecular flexibility index (Phi) is 4.52. The average Bonchev–Trinajstić information content (AvgIpc) is 2.42. The summed E-state index contributed by atoms with van der Waals surface area (Å²) in [6.07, 6.45) is -0.694. The van der Waals surface area contributed by atoms with Gasteiger partial charge in [0.1, 0.15) is 12.4 Å². The van der Waals surface area contributed by atoms with Gasteiger partial charge >= 0.3 is 6.09 Å². The number of anilines is 1. The number of halogens is 2. The zero-order chi connectivity index (χ0) is 13.7. The first kappa shape index (κ1) is 13.5. The van der Waals surface area contributed by atoms with Crippen molar-refractivity contribution >= 4 is 27.7 Å². The van der Waals surface area contributed by atoms with Crippen LogP contribution >= 0.6 is 15.9 Å². The quantitative estimate of drug-likeness (QED) is 0.912. The van der Waals surface area contributed by atoms with Crippen molar-refractivity contribution in [3.8, 4) is 0 Å². The molecule has 0 atom stereocenters. The van der Waals surface area contributed by atoms with E-state index in [-0.39, 0.29) is 12.3 Å². The van der Waals surface area contributed by atoms with Gasteiger partial charge in [0, 0.05) is 4.47 Å². The van der Waals surface area contributed by atoms with Crippen molar-refractivity contribution in [2.45, 2.75) is 6.61 Å². The number of carbonyl (C=O) groups excluding carboxylic acids is 1. The van der Waals surface area contributed by atoms with Crippen molar-refractivity contribution < 1.29 is 13.9 Å². The first-order chi connectivity index (χ1) is 9.15. The number of nitrogens with one attached hydrogen (secondary N) is 1. The second-order valence-corrected chi connectivity index (χ2v) is 4.73. The minimum absolute atomic E-state index is 0.0763. The Hall–Kier alpha value is -1.88. The lowest BCUT2D eigenvalue weighted by atomic mass is 10.2. The van der Waals surface area contributed by atoms with Crippen molar-refractivity contribution in [3.05, 3.63) is 64.4 Å². The molecule has 2 aromatic carbocycles. The number of ether oxygens (including phenoxy) is 1. The zero-order valence-electron chi connectivity index (χ0n) is 9.90. The predicted molar refractivity (Wildman–Crippen MR) is 74.3 cm³/mol. The van der Waals surface area contributed by atoms with Crippen molar-refractivity contribution in [2.75, 3.05) is 5.32 Å². The van der Waals surface area contributed by atoms with Gasteiger partial charge in [-0.05, 0) is 23.8 Å². The molecule has 0 heterocycles. The molecule has 0 unspecified atom stereocenters. The lowest BCUT2D eigenvalue weighted by molar-refractivity contribution is 0.155. The topological polar surface area (TPSA) is 38.3 Å². The molecule has 2 rings (SSSR count). The van der Waals surface area contributed by atoms with Crippen LogP contribution in [0.5, 0.6) is 0 Å². The van der Waals surface area contributed by atoms with Crippen LogP contribution in [0, 0.1) is 5.82 Å². The van der Waals surface area contributed by atoms with E-state index in [1.54, 1.807) is 6.07 Å². The van der Waals surface area contributed by atoms with Gasteiger partial charge in [0.05, 0.1) is 5.69 Å². The Morgan fingerprint density at radius 1 is 1.21 bits per heavy atom. The molecular formula is C14H11BrFNO2. The summed E-state index contributed by atoms with van der Waals surface area (Å²) in [6.45, 7) is 0.141. The maximum absolute atomic E-state index is 13.4. The summed E-state index contributed by atoms with van der Waals surface area (Å²) in [5.41, 5.74) is 0.944. The van der Waals surface area contributed by atoms with E-state index in [1.807, 2.05) is 30.3 Å². The van der Waals surface area contributed by atoms with E-state index in [9.17, 15) is 9.18 Å². The summed E-state index contributed by atoms with van der Waals surface area (Å²) in [5.74, 6) is -0.514. The molecule has 1 amide bonds. The largest absolute Gasteiger partial charge is 0.444 e. The number of benzene rings is 2. The first-order valence-electron chi connectivity index (χ1n) is 5.58. The molecule has 0 saturated carbocycles. The van der Waals surface area contributed by atoms with E-state index >= 15 is 0 Å². The van der Waals surface area contributed by atoms with Crippen molar-refractivity contribution in [1.29, 1.82) is 0 Å². The SMILES string of the molecule is O=C(Nc1cc(Br)ccc1F)OCc1ccccc1. The molecule has 0 aliphatic carbocycles. The van der Waals surface area contributed by atoms with Gasteiger partial charge in [-0.15, -0.1) is 0 Å². The van der Waals surface area contributed by atoms with E-state index in [4.69, 9.17) is 4.74 Å². The average molecular weight is 324 g/mol. The van der Waals surface area contributed by atoms with Gasteiger partial charge < -0.3 is 4.74 Å². The van der Waals surface area contributed by atoms with Crippen LogP contribution in [0.4, 0.5) is 14.9 Å². The molecule has 19 heavy (non-hydrogen) atoms. The fourth-order valence-corrected chi connectivity index (χ4v) is 1.82. The standard InChI is InChI=1S/C14H11BrFNO2/c15-11-6-7-12(16)13(8-11)17-14(18)19-9-10-4-2-1-3-5-10/h1-8H,9H2,(H,17,18). The van der Waals surface area contributed by atoms with Gasteiger partial charge in [-0.2, -0.15) is 0 Å². The van der Waals surface area contributed by atoms with Crippen LogP contribution in [0.15, 0.2) is 53.0 Å². The van der Waals surface area contributed by atoms with Crippen LogP contribution in [0.3, 0.4) is 0 Å². The molecule has 0 saturated heterocycles. The van der Waals surface area contributed by atoms with E-state index in [2.05, 4.69) is 21.2 Å². The third-order valence-corrected chi connectivity index (χ3v) is 2.87. The normalized spacial score (nSPS) is 10.0. The fraction of sp³-hybridized carbons (Fsp3) is 0.0714. The Morgan fingerprint density at radius 2 is 1.95 bits per heavy atom. The molecule has 3 nitrogen and oxygen atoms in total. The van der Waals surface area contributed by atoms with Crippen LogP contribution in [0.2, 0.25) is 0 Å². The molecule has 0 spiro atoms. The van der Waals surface area contributed by atoms with Gasteiger partial charge in [-0.1, -0.05) is 46.3 Å². The Morgan fingerprint density at radius 3 is 2.68 bits per heavy atom. The molecule has 0 fully saturated rings. The summed E-state index contributed by atoms with van der Waals surface area (Å²) >= 11 is 3.20. The van der Waals surface area contributed by atoms with Gasteiger partial charge in [-0.25, -0.2) is 9.18 Å². The smallest absolute Gasteiger partial charge is 0.412 e. The maximum Gasteiger partial charge on any atom is 0.412 e. The summed E-state index contributed by atoms with van der Waals surface area (Å²) in [5, 5.41) is 2.36. The van der Waals surface area contributed by atoms with Crippen LogP contribution in [0.1, 0.15) is 5.56 Å². The lowest BCUT2D eigenvalue weighted by Gasteiger charge is -2.08. The Balaban J connectivity index is 1.93. The molecule has 0 aromatic heterocycles. The van der Waals surface area contributed by atoms with E-state index in [0.717, 1.165) is 5.56 Å². The first-order valence-corrected chi connectivity index (χ1v) is 6.37. The number of amides is 1. The molecule has 1 N–H and O–H groups in total. The molecule has 5 heteroatoms. The Labute approximate surface area is 118 Å². The second kappa shape index (κ2) is 6.33. The van der Waals surface area contributed by atoms with E-state index < -0.39 is 11.9 Å². The van der Waals surface area contributed by atoms with Crippen molar-refractivity contribution in [3.63, 3.8) is 0 Å². The van der Waals surface area contributed by atoms with Crippen molar-refractivity contribution in [2.24, 2.45) is 0 Å². The summed E-state index contributed by atoms with van der Waals surface area (Å²) in [6, 6.07) is 13.5. The lowest BCUT2D eigenvalue weighted by Crippen LogP contribution is -2.14. The van der Waals surface area contributed by atoms with E-state index in [1.165, 1.54) is 12.1 Å². The van der Waals surface area contributed by atoms with Gasteiger partial charge in [0.25, 0.3) is 0 Å². The maximum atomic E-state index is 13.4. The molecule has 98 valence electrons. The molecule has 2 aromatic rings. The number of hydrogen-bond donors (Lipinski definition) is 1. The minimum atomic E-state index is -0.694. The number of hydrogen-bond acceptors (Lipinski definition) is 2. The molecule has 0 radical (unpaired) electrons. The molecule has 0 bridgehead atoms. The molecular weight excluding hydrogens is 313 g/mol. The van der Waals surface area contributed by atoms with Crippen LogP contribution in [0.25, 0.3) is 0 Å². The van der Waals surface area contributed by atoms with E-state index in [0.29, 0.717) is 4.47 Å². The Bertz CT molecular complexity index is 575. The van der Waals surface area contributed by atoms with Crippen molar-refractivity contribution in [1.82, 2.24) is 0 Å². The zero-order valence-corrected chi connectivity index (χ0v) is 11.5. The number of rotatable bonds is 3. The monoisotopic (exact) mass is 323 g/mol. The second-order valence-electron chi connectivity index (χ2n) is 3.81. The summed E-state index contributed by atoms with van der Waals surface area (Å²) in [7, 11) is 0. The summed E-state index contributed by atoms with van der Waals surface area (Å²) < 4.78 is 19.1. The summed E-state index contributed by atoms with van der Waals surface area (Å²) in [4.78, 5) is 11.5. The minimum Gasteiger partial charge on any atom is -0.444 e. The molecule has 0 aliphatic heterocycles. The highest BCUT2D eigenvalue weighted by Gasteiger charge is 2.08. The molecule has 0 aliphatic rings.